The van der Waals surface area contributed by atoms with Gasteiger partial charge >= 0.3 is 12.0 Å². The summed E-state index contributed by atoms with van der Waals surface area (Å²) < 4.78 is 0. The number of carboxylic acid groups (broad SMARTS) is 1. The molecule has 1 rings (SSSR count). The molecule has 20 heavy (non-hydrogen) atoms. The van der Waals surface area contributed by atoms with Crippen molar-refractivity contribution in [2.75, 3.05) is 26.2 Å². The lowest BCUT2D eigenvalue weighted by Crippen LogP contribution is -2.50. The van der Waals surface area contributed by atoms with Gasteiger partial charge < -0.3 is 20.6 Å². The number of rotatable bonds is 8. The number of hydrogen-bond donors (Lipinski definition) is 3. The zero-order chi connectivity index (χ0) is 14.8. The SMILES string of the molecule is CCN(C(=O)NCCCCCC(=O)O)C1CCNCC1. The molecule has 0 radical (unpaired) electrons. The molecule has 6 heteroatoms. The molecule has 0 aliphatic carbocycles. The van der Waals surface area contributed by atoms with Crippen molar-refractivity contribution in [1.82, 2.24) is 15.5 Å². The molecule has 1 heterocycles. The Morgan fingerprint density at radius 3 is 2.55 bits per heavy atom. The zero-order valence-electron chi connectivity index (χ0n) is 12.4. The van der Waals surface area contributed by atoms with Gasteiger partial charge in [-0.3, -0.25) is 4.79 Å². The third-order valence-corrected chi connectivity index (χ3v) is 3.69. The molecule has 3 N–H and O–H groups in total. The monoisotopic (exact) mass is 285 g/mol. The quantitative estimate of drug-likeness (QED) is 0.589. The summed E-state index contributed by atoms with van der Waals surface area (Å²) in [5.41, 5.74) is 0. The van der Waals surface area contributed by atoms with E-state index in [1.807, 2.05) is 11.8 Å². The number of nitrogens with one attached hydrogen (secondary N) is 2. The number of hydrogen-bond acceptors (Lipinski definition) is 3. The summed E-state index contributed by atoms with van der Waals surface area (Å²) in [5, 5.41) is 14.8. The molecule has 0 saturated carbocycles. The molecule has 1 aliphatic heterocycles. The summed E-state index contributed by atoms with van der Waals surface area (Å²) in [6.45, 7) is 5.32. The van der Waals surface area contributed by atoms with E-state index < -0.39 is 5.97 Å². The van der Waals surface area contributed by atoms with Crippen molar-refractivity contribution in [3.63, 3.8) is 0 Å². The van der Waals surface area contributed by atoms with Gasteiger partial charge in [0.2, 0.25) is 0 Å². The Morgan fingerprint density at radius 1 is 1.25 bits per heavy atom. The average Bonchev–Trinajstić information content (AvgIpc) is 2.44. The van der Waals surface area contributed by atoms with Crippen molar-refractivity contribution >= 4 is 12.0 Å². The summed E-state index contributed by atoms with van der Waals surface area (Å²) in [6.07, 6.45) is 4.59. The van der Waals surface area contributed by atoms with Gasteiger partial charge in [-0.1, -0.05) is 6.42 Å². The molecule has 116 valence electrons. The van der Waals surface area contributed by atoms with Crippen LogP contribution in [0, 0.1) is 0 Å². The Bertz CT molecular complexity index is 304. The van der Waals surface area contributed by atoms with Crippen molar-refractivity contribution in [2.24, 2.45) is 0 Å². The van der Waals surface area contributed by atoms with Crippen LogP contribution in [0.1, 0.15) is 45.4 Å². The van der Waals surface area contributed by atoms with Crippen molar-refractivity contribution in [1.29, 1.82) is 0 Å². The van der Waals surface area contributed by atoms with E-state index in [2.05, 4.69) is 10.6 Å². The van der Waals surface area contributed by atoms with Crippen LogP contribution in [0.4, 0.5) is 4.79 Å². The summed E-state index contributed by atoms with van der Waals surface area (Å²) in [4.78, 5) is 24.4. The van der Waals surface area contributed by atoms with Crippen LogP contribution in [0.5, 0.6) is 0 Å². The van der Waals surface area contributed by atoms with Crippen LogP contribution in [0.15, 0.2) is 0 Å². The van der Waals surface area contributed by atoms with Crippen LogP contribution >= 0.6 is 0 Å². The Labute approximate surface area is 120 Å². The second kappa shape index (κ2) is 9.58. The van der Waals surface area contributed by atoms with Gasteiger partial charge in [0.1, 0.15) is 0 Å². The lowest BCUT2D eigenvalue weighted by atomic mass is 10.1. The molecule has 1 aliphatic rings. The minimum atomic E-state index is -0.753. The van der Waals surface area contributed by atoms with Gasteiger partial charge in [-0.05, 0) is 45.7 Å². The molecule has 1 saturated heterocycles. The minimum Gasteiger partial charge on any atom is -0.481 e. The van der Waals surface area contributed by atoms with Gasteiger partial charge in [0.05, 0.1) is 0 Å². The largest absolute Gasteiger partial charge is 0.481 e. The summed E-state index contributed by atoms with van der Waals surface area (Å²) >= 11 is 0. The number of carbonyl (C=O) groups is 2. The number of carboxylic acids is 1. The Morgan fingerprint density at radius 2 is 1.95 bits per heavy atom. The maximum absolute atomic E-state index is 12.1. The highest BCUT2D eigenvalue weighted by Crippen LogP contribution is 2.11. The summed E-state index contributed by atoms with van der Waals surface area (Å²) in [5.74, 6) is -0.753. The van der Waals surface area contributed by atoms with Gasteiger partial charge in [0, 0.05) is 25.6 Å². The predicted octanol–water partition coefficient (Wildman–Crippen LogP) is 1.41. The van der Waals surface area contributed by atoms with Crippen molar-refractivity contribution in [3.8, 4) is 0 Å². The van der Waals surface area contributed by atoms with Gasteiger partial charge in [0.15, 0.2) is 0 Å². The smallest absolute Gasteiger partial charge is 0.317 e. The van der Waals surface area contributed by atoms with E-state index in [1.165, 1.54) is 0 Å². The lowest BCUT2D eigenvalue weighted by molar-refractivity contribution is -0.137. The van der Waals surface area contributed by atoms with Crippen LogP contribution in [0.25, 0.3) is 0 Å². The molecule has 6 nitrogen and oxygen atoms in total. The van der Waals surface area contributed by atoms with Crippen LogP contribution in [-0.4, -0.2) is 54.2 Å². The molecule has 0 spiro atoms. The van der Waals surface area contributed by atoms with E-state index in [4.69, 9.17) is 5.11 Å². The minimum absolute atomic E-state index is 0.0117. The zero-order valence-corrected chi connectivity index (χ0v) is 12.4. The third-order valence-electron chi connectivity index (χ3n) is 3.69. The van der Waals surface area contributed by atoms with Crippen LogP contribution in [0.2, 0.25) is 0 Å². The molecule has 0 bridgehead atoms. The van der Waals surface area contributed by atoms with Gasteiger partial charge in [-0.15, -0.1) is 0 Å². The Kier molecular flexibility index (Phi) is 8.02. The van der Waals surface area contributed by atoms with E-state index in [9.17, 15) is 9.59 Å². The number of piperidine rings is 1. The first-order valence-electron chi connectivity index (χ1n) is 7.62. The number of nitrogens with zero attached hydrogens (tertiary/aromatic N) is 1. The maximum Gasteiger partial charge on any atom is 0.317 e. The number of amides is 2. The van der Waals surface area contributed by atoms with Crippen LogP contribution in [-0.2, 0) is 4.79 Å². The maximum atomic E-state index is 12.1. The highest BCUT2D eigenvalue weighted by Gasteiger charge is 2.23. The Balaban J connectivity index is 2.17. The predicted molar refractivity (Wildman–Crippen MR) is 77.8 cm³/mol. The molecular weight excluding hydrogens is 258 g/mol. The fourth-order valence-electron chi connectivity index (χ4n) is 2.56. The molecule has 1 fully saturated rings. The Hall–Kier alpha value is -1.30. The van der Waals surface area contributed by atoms with Gasteiger partial charge in [-0.25, -0.2) is 4.79 Å². The normalized spacial score (nSPS) is 15.8. The number of urea groups is 1. The molecule has 0 atom stereocenters. The van der Waals surface area contributed by atoms with E-state index in [0.29, 0.717) is 19.0 Å². The summed E-state index contributed by atoms with van der Waals surface area (Å²) in [6, 6.07) is 0.353. The molecule has 0 aromatic heterocycles. The summed E-state index contributed by atoms with van der Waals surface area (Å²) in [7, 11) is 0. The second-order valence-electron chi connectivity index (χ2n) is 5.20. The van der Waals surface area contributed by atoms with Crippen molar-refractivity contribution in [2.45, 2.75) is 51.5 Å². The highest BCUT2D eigenvalue weighted by molar-refractivity contribution is 5.74. The highest BCUT2D eigenvalue weighted by atomic mass is 16.4. The topological polar surface area (TPSA) is 81.7 Å². The first-order chi connectivity index (χ1) is 9.65. The van der Waals surface area contributed by atoms with Crippen molar-refractivity contribution in [3.05, 3.63) is 0 Å². The number of carbonyl (C=O) groups excluding carboxylic acids is 1. The molecule has 0 aromatic carbocycles. The number of aliphatic carboxylic acids is 1. The lowest BCUT2D eigenvalue weighted by Gasteiger charge is -2.33. The van der Waals surface area contributed by atoms with Gasteiger partial charge in [-0.2, -0.15) is 0 Å². The van der Waals surface area contributed by atoms with Crippen LogP contribution in [0.3, 0.4) is 0 Å². The first-order valence-corrected chi connectivity index (χ1v) is 7.62. The van der Waals surface area contributed by atoms with E-state index in [-0.39, 0.29) is 12.5 Å². The third kappa shape index (κ3) is 6.23. The number of unbranched alkanes of at least 4 members (excludes halogenated alkanes) is 2. The second-order valence-corrected chi connectivity index (χ2v) is 5.20. The standard InChI is InChI=1S/C14H27N3O3/c1-2-17(12-7-10-15-11-8-12)14(20)16-9-5-3-4-6-13(18)19/h12,15H,2-11H2,1H3,(H,16,20)(H,18,19). The fraction of sp³-hybridized carbons (Fsp3) is 0.857. The van der Waals surface area contributed by atoms with Crippen molar-refractivity contribution < 1.29 is 14.7 Å². The van der Waals surface area contributed by atoms with E-state index in [1.54, 1.807) is 0 Å². The van der Waals surface area contributed by atoms with E-state index >= 15 is 0 Å². The molecule has 0 unspecified atom stereocenters. The van der Waals surface area contributed by atoms with E-state index in [0.717, 1.165) is 45.3 Å². The first kappa shape index (κ1) is 16.8. The van der Waals surface area contributed by atoms with Crippen LogP contribution < -0.4 is 10.6 Å². The molecular formula is C14H27N3O3. The average molecular weight is 285 g/mol. The van der Waals surface area contributed by atoms with Gasteiger partial charge in [0.25, 0.3) is 0 Å². The fourth-order valence-corrected chi connectivity index (χ4v) is 2.56. The molecule has 0 aromatic rings. The molecule has 2 amide bonds.